The Labute approximate surface area is 117 Å². The van der Waals surface area contributed by atoms with Crippen molar-refractivity contribution in [2.24, 2.45) is 0 Å². The number of aromatic nitrogens is 4. The van der Waals surface area contributed by atoms with Gasteiger partial charge >= 0.3 is 0 Å². The van der Waals surface area contributed by atoms with Crippen molar-refractivity contribution in [1.29, 1.82) is 0 Å². The van der Waals surface area contributed by atoms with Gasteiger partial charge in [-0.2, -0.15) is 5.10 Å². The summed E-state index contributed by atoms with van der Waals surface area (Å²) >= 11 is 0. The third-order valence-corrected chi connectivity index (χ3v) is 3.22. The molecule has 0 amide bonds. The highest BCUT2D eigenvalue weighted by molar-refractivity contribution is 5.48. The van der Waals surface area contributed by atoms with Crippen LogP contribution < -0.4 is 5.32 Å². The maximum atomic E-state index is 4.10. The minimum absolute atomic E-state index is 0.829. The van der Waals surface area contributed by atoms with E-state index in [-0.39, 0.29) is 0 Å². The Hall–Kier alpha value is -2.56. The maximum absolute atomic E-state index is 4.10. The number of rotatable bonds is 5. The van der Waals surface area contributed by atoms with Crippen LogP contribution in [0.5, 0.6) is 0 Å². The van der Waals surface area contributed by atoms with Crippen LogP contribution in [0.2, 0.25) is 0 Å². The molecule has 1 N–H and O–H groups in total. The van der Waals surface area contributed by atoms with E-state index in [0.717, 1.165) is 24.5 Å². The van der Waals surface area contributed by atoms with Gasteiger partial charge in [0, 0.05) is 31.2 Å². The summed E-state index contributed by atoms with van der Waals surface area (Å²) in [5.74, 6) is 0. The topological polar surface area (TPSA) is 47.7 Å². The van der Waals surface area contributed by atoms with Gasteiger partial charge in [-0.25, -0.2) is 9.67 Å². The van der Waals surface area contributed by atoms with Crippen molar-refractivity contribution in [2.75, 3.05) is 5.32 Å². The van der Waals surface area contributed by atoms with E-state index in [2.05, 4.69) is 45.4 Å². The molecule has 3 rings (SSSR count). The molecule has 0 unspecified atom stereocenters. The highest BCUT2D eigenvalue weighted by atomic mass is 15.3. The Morgan fingerprint density at radius 2 is 2.00 bits per heavy atom. The van der Waals surface area contributed by atoms with Crippen LogP contribution in [0.1, 0.15) is 12.5 Å². The molecule has 2 heterocycles. The molecule has 0 aliphatic heterocycles. The standard InChI is InChI=1S/C15H17N5/c1-2-19-8-7-13(10-19)9-17-14-3-5-15(6-4-14)20-12-16-11-18-20/h3-8,10-12,17H,2,9H2,1H3. The van der Waals surface area contributed by atoms with Gasteiger partial charge in [-0.15, -0.1) is 0 Å². The first kappa shape index (κ1) is 12.5. The Kier molecular flexibility index (Phi) is 3.50. The third kappa shape index (κ3) is 2.71. The Morgan fingerprint density at radius 3 is 2.65 bits per heavy atom. The van der Waals surface area contributed by atoms with Gasteiger partial charge < -0.3 is 9.88 Å². The number of nitrogens with one attached hydrogen (secondary N) is 1. The Bertz CT molecular complexity index is 652. The van der Waals surface area contributed by atoms with Crippen molar-refractivity contribution in [3.8, 4) is 5.69 Å². The second-order valence-electron chi connectivity index (χ2n) is 4.59. The summed E-state index contributed by atoms with van der Waals surface area (Å²) in [7, 11) is 0. The van der Waals surface area contributed by atoms with Gasteiger partial charge in [0.1, 0.15) is 12.7 Å². The molecule has 5 nitrogen and oxygen atoms in total. The average molecular weight is 267 g/mol. The number of nitrogens with zero attached hydrogens (tertiary/aromatic N) is 4. The average Bonchev–Trinajstić information content (AvgIpc) is 3.17. The molecule has 0 aliphatic rings. The van der Waals surface area contributed by atoms with E-state index < -0.39 is 0 Å². The smallest absolute Gasteiger partial charge is 0.138 e. The van der Waals surface area contributed by atoms with Gasteiger partial charge in [0.05, 0.1) is 5.69 Å². The van der Waals surface area contributed by atoms with Crippen LogP contribution in [-0.4, -0.2) is 19.3 Å². The van der Waals surface area contributed by atoms with Crippen LogP contribution in [-0.2, 0) is 13.1 Å². The molecule has 0 radical (unpaired) electrons. The Morgan fingerprint density at radius 1 is 1.15 bits per heavy atom. The minimum Gasteiger partial charge on any atom is -0.381 e. The first-order valence-electron chi connectivity index (χ1n) is 6.69. The normalized spacial score (nSPS) is 10.7. The SMILES string of the molecule is CCn1ccc(CNc2ccc(-n3cncn3)cc2)c1. The number of anilines is 1. The van der Waals surface area contributed by atoms with E-state index in [1.54, 1.807) is 11.0 Å². The van der Waals surface area contributed by atoms with Gasteiger partial charge in [0.25, 0.3) is 0 Å². The number of aryl methyl sites for hydroxylation is 1. The van der Waals surface area contributed by atoms with Crippen molar-refractivity contribution in [2.45, 2.75) is 20.0 Å². The molecule has 20 heavy (non-hydrogen) atoms. The van der Waals surface area contributed by atoms with Crippen molar-refractivity contribution in [3.63, 3.8) is 0 Å². The zero-order valence-electron chi connectivity index (χ0n) is 11.4. The molecule has 0 fully saturated rings. The fraction of sp³-hybridized carbons (Fsp3) is 0.200. The molecule has 0 saturated heterocycles. The third-order valence-electron chi connectivity index (χ3n) is 3.22. The van der Waals surface area contributed by atoms with Gasteiger partial charge in [-0.3, -0.25) is 0 Å². The van der Waals surface area contributed by atoms with Crippen molar-refractivity contribution in [1.82, 2.24) is 19.3 Å². The lowest BCUT2D eigenvalue weighted by Gasteiger charge is -2.06. The fourth-order valence-electron chi connectivity index (χ4n) is 2.07. The quantitative estimate of drug-likeness (QED) is 0.773. The molecular formula is C15H17N5. The van der Waals surface area contributed by atoms with Gasteiger partial charge in [0.2, 0.25) is 0 Å². The van der Waals surface area contributed by atoms with Crippen molar-refractivity contribution < 1.29 is 0 Å². The number of hydrogen-bond donors (Lipinski definition) is 1. The Balaban J connectivity index is 1.63. The van der Waals surface area contributed by atoms with Gasteiger partial charge in [-0.1, -0.05) is 0 Å². The van der Waals surface area contributed by atoms with E-state index in [9.17, 15) is 0 Å². The van der Waals surface area contributed by atoms with E-state index in [4.69, 9.17) is 0 Å². The summed E-state index contributed by atoms with van der Waals surface area (Å²) < 4.78 is 3.91. The minimum atomic E-state index is 0.829. The summed E-state index contributed by atoms with van der Waals surface area (Å²) in [6.45, 7) is 3.97. The molecule has 1 aromatic carbocycles. The van der Waals surface area contributed by atoms with Crippen LogP contribution in [0.25, 0.3) is 5.69 Å². The molecule has 0 saturated carbocycles. The predicted octanol–water partition coefficient (Wildman–Crippen LogP) is 2.70. The largest absolute Gasteiger partial charge is 0.381 e. The monoisotopic (exact) mass is 267 g/mol. The van der Waals surface area contributed by atoms with Crippen molar-refractivity contribution in [3.05, 3.63) is 60.9 Å². The number of benzene rings is 1. The molecule has 0 aliphatic carbocycles. The molecular weight excluding hydrogens is 250 g/mol. The highest BCUT2D eigenvalue weighted by Gasteiger charge is 1.99. The van der Waals surface area contributed by atoms with Crippen LogP contribution in [0.15, 0.2) is 55.4 Å². The first-order chi connectivity index (χ1) is 9.85. The van der Waals surface area contributed by atoms with E-state index in [1.807, 2.05) is 24.3 Å². The fourth-order valence-corrected chi connectivity index (χ4v) is 2.07. The van der Waals surface area contributed by atoms with Crippen molar-refractivity contribution >= 4 is 5.69 Å². The highest BCUT2D eigenvalue weighted by Crippen LogP contribution is 2.13. The second-order valence-corrected chi connectivity index (χ2v) is 4.59. The molecule has 0 bridgehead atoms. The molecule has 3 aromatic rings. The summed E-state index contributed by atoms with van der Waals surface area (Å²) in [4.78, 5) is 3.94. The second kappa shape index (κ2) is 5.61. The first-order valence-corrected chi connectivity index (χ1v) is 6.69. The van der Waals surface area contributed by atoms with E-state index >= 15 is 0 Å². The molecule has 0 atom stereocenters. The van der Waals surface area contributed by atoms with Gasteiger partial charge in [-0.05, 0) is 42.8 Å². The number of hydrogen-bond acceptors (Lipinski definition) is 3. The van der Waals surface area contributed by atoms with E-state index in [0.29, 0.717) is 0 Å². The summed E-state index contributed by atoms with van der Waals surface area (Å²) in [6.07, 6.45) is 7.49. The van der Waals surface area contributed by atoms with Crippen LogP contribution in [0.3, 0.4) is 0 Å². The lowest BCUT2D eigenvalue weighted by molar-refractivity contribution is 0.766. The zero-order chi connectivity index (χ0) is 13.8. The van der Waals surface area contributed by atoms with Crippen LogP contribution in [0, 0.1) is 0 Å². The molecule has 5 heteroatoms. The van der Waals surface area contributed by atoms with E-state index in [1.165, 1.54) is 11.9 Å². The summed E-state index contributed by atoms with van der Waals surface area (Å²) in [5, 5.41) is 7.52. The summed E-state index contributed by atoms with van der Waals surface area (Å²) in [6, 6.07) is 10.3. The molecule has 2 aromatic heterocycles. The van der Waals surface area contributed by atoms with Gasteiger partial charge in [0.15, 0.2) is 0 Å². The van der Waals surface area contributed by atoms with Crippen LogP contribution >= 0.6 is 0 Å². The molecule has 0 spiro atoms. The molecule has 102 valence electrons. The lowest BCUT2D eigenvalue weighted by atomic mass is 10.2. The lowest BCUT2D eigenvalue weighted by Crippen LogP contribution is -1.99. The summed E-state index contributed by atoms with van der Waals surface area (Å²) in [5.41, 5.74) is 3.38. The maximum Gasteiger partial charge on any atom is 0.138 e. The van der Waals surface area contributed by atoms with Crippen LogP contribution in [0.4, 0.5) is 5.69 Å². The predicted molar refractivity (Wildman–Crippen MR) is 78.8 cm³/mol. The zero-order valence-corrected chi connectivity index (χ0v) is 11.4.